The maximum Gasteiger partial charge on any atom is 0.183 e. The van der Waals surface area contributed by atoms with Crippen molar-refractivity contribution in [2.75, 3.05) is 25.2 Å². The zero-order valence-corrected chi connectivity index (χ0v) is 12.5. The summed E-state index contributed by atoms with van der Waals surface area (Å²) >= 11 is 0. The minimum atomic E-state index is -0.221. The average Bonchev–Trinajstić information content (AvgIpc) is 2.55. The van der Waals surface area contributed by atoms with E-state index in [2.05, 4.69) is 47.3 Å². The lowest BCUT2D eigenvalue weighted by Crippen LogP contribution is -2.17. The van der Waals surface area contributed by atoms with Gasteiger partial charge in [0.2, 0.25) is 0 Å². The fourth-order valence-electron chi connectivity index (χ4n) is 2.42. The molecule has 1 aromatic carbocycles. The number of aryl methyl sites for hydroxylation is 1. The number of ether oxygens (including phenoxy) is 2. The summed E-state index contributed by atoms with van der Waals surface area (Å²) in [5, 5.41) is 0. The average molecular weight is 284 g/mol. The Balaban J connectivity index is 1.77. The Morgan fingerprint density at radius 2 is 1.76 bits per heavy atom. The third-order valence-corrected chi connectivity index (χ3v) is 3.65. The largest absolute Gasteiger partial charge is 0.348 e. The minimum Gasteiger partial charge on any atom is -0.348 e. The highest BCUT2D eigenvalue weighted by atomic mass is 16.7. The van der Waals surface area contributed by atoms with Crippen LogP contribution in [0.25, 0.3) is 0 Å². The summed E-state index contributed by atoms with van der Waals surface area (Å²) in [7, 11) is 2.05. The molecule has 0 aliphatic carbocycles. The Morgan fingerprint density at radius 1 is 1.05 bits per heavy atom. The molecular formula is C17H20N2O2. The highest BCUT2D eigenvalue weighted by Crippen LogP contribution is 2.27. The van der Waals surface area contributed by atoms with Gasteiger partial charge in [0.05, 0.1) is 13.2 Å². The van der Waals surface area contributed by atoms with E-state index in [0.717, 1.165) is 42.3 Å². The van der Waals surface area contributed by atoms with Crippen molar-refractivity contribution in [2.45, 2.75) is 19.6 Å². The first kappa shape index (κ1) is 14.0. The van der Waals surface area contributed by atoms with Crippen LogP contribution in [0.5, 0.6) is 0 Å². The van der Waals surface area contributed by atoms with Crippen LogP contribution in [0.2, 0.25) is 0 Å². The molecule has 2 heterocycles. The quantitative estimate of drug-likeness (QED) is 0.862. The van der Waals surface area contributed by atoms with Crippen molar-refractivity contribution >= 4 is 11.4 Å². The molecule has 3 rings (SSSR count). The molecule has 4 heteroatoms. The van der Waals surface area contributed by atoms with Crippen molar-refractivity contribution in [3.05, 3.63) is 53.9 Å². The van der Waals surface area contributed by atoms with E-state index in [1.54, 1.807) is 0 Å². The highest BCUT2D eigenvalue weighted by Gasteiger charge is 2.16. The number of benzene rings is 1. The fourth-order valence-corrected chi connectivity index (χ4v) is 2.42. The number of hydrogen-bond acceptors (Lipinski definition) is 4. The highest BCUT2D eigenvalue weighted by molar-refractivity contribution is 5.62. The van der Waals surface area contributed by atoms with Gasteiger partial charge in [-0.1, -0.05) is 12.1 Å². The van der Waals surface area contributed by atoms with Gasteiger partial charge < -0.3 is 14.4 Å². The summed E-state index contributed by atoms with van der Waals surface area (Å²) in [6, 6.07) is 12.4. The standard InChI is InChI=1S/C17H20N2O2/c1-13-12-16(8-9-18-13)19(2)15-6-4-14(5-7-15)17-20-10-3-11-21-17/h4-9,12,17H,3,10-11H2,1-2H3. The lowest BCUT2D eigenvalue weighted by molar-refractivity contribution is -0.183. The van der Waals surface area contributed by atoms with Gasteiger partial charge in [-0.05, 0) is 37.6 Å². The maximum absolute atomic E-state index is 5.62. The number of nitrogens with zero attached hydrogens (tertiary/aromatic N) is 2. The molecule has 0 atom stereocenters. The topological polar surface area (TPSA) is 34.6 Å². The SMILES string of the molecule is Cc1cc(N(C)c2ccc(C3OCCCO3)cc2)ccn1. The van der Waals surface area contributed by atoms with E-state index in [9.17, 15) is 0 Å². The van der Waals surface area contributed by atoms with E-state index in [1.807, 2.05) is 19.2 Å². The van der Waals surface area contributed by atoms with Gasteiger partial charge in [0.15, 0.2) is 6.29 Å². The first-order chi connectivity index (χ1) is 10.2. The first-order valence-electron chi connectivity index (χ1n) is 7.23. The van der Waals surface area contributed by atoms with Gasteiger partial charge in [-0.25, -0.2) is 0 Å². The van der Waals surface area contributed by atoms with Crippen LogP contribution in [0.15, 0.2) is 42.6 Å². The molecule has 0 unspecified atom stereocenters. The molecule has 4 nitrogen and oxygen atoms in total. The molecule has 0 spiro atoms. The Hall–Kier alpha value is -1.91. The maximum atomic E-state index is 5.62. The van der Waals surface area contributed by atoms with Gasteiger partial charge in [0.1, 0.15) is 0 Å². The molecule has 0 saturated carbocycles. The predicted octanol–water partition coefficient (Wildman–Crippen LogP) is 3.59. The predicted molar refractivity (Wildman–Crippen MR) is 82.7 cm³/mol. The number of aromatic nitrogens is 1. The van der Waals surface area contributed by atoms with Crippen molar-refractivity contribution in [2.24, 2.45) is 0 Å². The summed E-state index contributed by atoms with van der Waals surface area (Å²) in [5.41, 5.74) is 4.33. The third-order valence-electron chi connectivity index (χ3n) is 3.65. The van der Waals surface area contributed by atoms with E-state index in [1.165, 1.54) is 0 Å². The molecule has 21 heavy (non-hydrogen) atoms. The Morgan fingerprint density at radius 3 is 2.43 bits per heavy atom. The zero-order chi connectivity index (χ0) is 14.7. The fraction of sp³-hybridized carbons (Fsp3) is 0.353. The lowest BCUT2D eigenvalue weighted by atomic mass is 10.1. The molecule has 0 radical (unpaired) electrons. The normalized spacial score (nSPS) is 15.9. The number of rotatable bonds is 3. The van der Waals surface area contributed by atoms with Crippen LogP contribution in [-0.2, 0) is 9.47 Å². The lowest BCUT2D eigenvalue weighted by Gasteiger charge is -2.24. The molecule has 1 aliphatic heterocycles. The molecule has 0 N–H and O–H groups in total. The van der Waals surface area contributed by atoms with Crippen molar-refractivity contribution < 1.29 is 9.47 Å². The van der Waals surface area contributed by atoms with Crippen LogP contribution >= 0.6 is 0 Å². The van der Waals surface area contributed by atoms with Gasteiger partial charge in [-0.3, -0.25) is 4.98 Å². The minimum absolute atomic E-state index is 0.221. The molecule has 0 amide bonds. The molecule has 1 aliphatic rings. The first-order valence-corrected chi connectivity index (χ1v) is 7.23. The smallest absolute Gasteiger partial charge is 0.183 e. The molecule has 1 saturated heterocycles. The van der Waals surface area contributed by atoms with E-state index in [4.69, 9.17) is 9.47 Å². The number of anilines is 2. The van der Waals surface area contributed by atoms with E-state index < -0.39 is 0 Å². The van der Waals surface area contributed by atoms with Crippen LogP contribution in [0.4, 0.5) is 11.4 Å². The number of hydrogen-bond donors (Lipinski definition) is 0. The molecule has 110 valence electrons. The molecular weight excluding hydrogens is 264 g/mol. The van der Waals surface area contributed by atoms with Crippen molar-refractivity contribution in [1.82, 2.24) is 4.98 Å². The van der Waals surface area contributed by atoms with Crippen LogP contribution in [0.1, 0.15) is 24.0 Å². The second-order valence-electron chi connectivity index (χ2n) is 5.23. The van der Waals surface area contributed by atoms with E-state index in [0.29, 0.717) is 0 Å². The van der Waals surface area contributed by atoms with Crippen molar-refractivity contribution in [1.29, 1.82) is 0 Å². The monoisotopic (exact) mass is 284 g/mol. The zero-order valence-electron chi connectivity index (χ0n) is 12.5. The van der Waals surface area contributed by atoms with Crippen molar-refractivity contribution in [3.63, 3.8) is 0 Å². The molecule has 2 aromatic rings. The van der Waals surface area contributed by atoms with Crippen molar-refractivity contribution in [3.8, 4) is 0 Å². The second kappa shape index (κ2) is 6.24. The van der Waals surface area contributed by atoms with Gasteiger partial charge in [-0.2, -0.15) is 0 Å². The van der Waals surface area contributed by atoms with Gasteiger partial charge in [-0.15, -0.1) is 0 Å². The van der Waals surface area contributed by atoms with Gasteiger partial charge in [0, 0.05) is 35.9 Å². The van der Waals surface area contributed by atoms with Crippen LogP contribution < -0.4 is 4.90 Å². The Bertz CT molecular complexity index is 592. The molecule has 1 aromatic heterocycles. The molecule has 1 fully saturated rings. The van der Waals surface area contributed by atoms with Gasteiger partial charge >= 0.3 is 0 Å². The summed E-state index contributed by atoms with van der Waals surface area (Å²) in [4.78, 5) is 6.37. The van der Waals surface area contributed by atoms with E-state index in [-0.39, 0.29) is 6.29 Å². The third kappa shape index (κ3) is 3.23. The van der Waals surface area contributed by atoms with Crippen LogP contribution in [0, 0.1) is 6.92 Å². The second-order valence-corrected chi connectivity index (χ2v) is 5.23. The number of pyridine rings is 1. The van der Waals surface area contributed by atoms with E-state index >= 15 is 0 Å². The summed E-state index contributed by atoms with van der Waals surface area (Å²) in [5.74, 6) is 0. The summed E-state index contributed by atoms with van der Waals surface area (Å²) in [6.45, 7) is 3.53. The Labute approximate surface area is 125 Å². The van der Waals surface area contributed by atoms with Crippen LogP contribution in [-0.4, -0.2) is 25.2 Å². The Kier molecular flexibility index (Phi) is 4.18. The van der Waals surface area contributed by atoms with Gasteiger partial charge in [0.25, 0.3) is 0 Å². The van der Waals surface area contributed by atoms with Crippen LogP contribution in [0.3, 0.4) is 0 Å². The summed E-state index contributed by atoms with van der Waals surface area (Å²) < 4.78 is 11.2. The summed E-state index contributed by atoms with van der Waals surface area (Å²) in [6.07, 6.45) is 2.58. The molecule has 0 bridgehead atoms.